The summed E-state index contributed by atoms with van der Waals surface area (Å²) in [6.07, 6.45) is -1.92. The normalized spacial score (nSPS) is 19.4. The van der Waals surface area contributed by atoms with Crippen molar-refractivity contribution in [3.8, 4) is 5.75 Å². The minimum atomic E-state index is -4.41. The number of carboxylic acids is 1. The summed E-state index contributed by atoms with van der Waals surface area (Å²) in [6, 6.07) is 12.8. The van der Waals surface area contributed by atoms with Crippen molar-refractivity contribution in [2.75, 3.05) is 32.5 Å². The molecule has 3 aromatic rings. The molecule has 1 aliphatic heterocycles. The summed E-state index contributed by atoms with van der Waals surface area (Å²) in [6.45, 7) is 1.51. The molecule has 2 aromatic carbocycles. The highest BCUT2D eigenvalue weighted by Gasteiger charge is 2.35. The molecule has 1 unspecified atom stereocenters. The number of rotatable bonds is 10. The van der Waals surface area contributed by atoms with Crippen LogP contribution in [0, 0.1) is 11.8 Å². The number of aliphatic hydroxyl groups excluding tert-OH is 1. The van der Waals surface area contributed by atoms with E-state index in [-0.39, 0.29) is 10.8 Å². The van der Waals surface area contributed by atoms with Crippen LogP contribution in [0.1, 0.15) is 36.5 Å². The Hall–Kier alpha value is -2.82. The lowest BCUT2D eigenvalue weighted by Crippen LogP contribution is -2.44. The van der Waals surface area contributed by atoms with E-state index < -0.39 is 29.7 Å². The number of hydrogen-bond donors (Lipinski definition) is 2. The quantitative estimate of drug-likeness (QED) is 0.306. The maximum atomic E-state index is 13.2. The van der Waals surface area contributed by atoms with Crippen molar-refractivity contribution in [1.82, 2.24) is 9.88 Å². The molecule has 0 radical (unpaired) electrons. The predicted molar refractivity (Wildman–Crippen MR) is 140 cm³/mol. The molecule has 0 spiro atoms. The number of hydrogen-bond acceptors (Lipinski definition) is 6. The second-order valence-corrected chi connectivity index (χ2v) is 10.6. The van der Waals surface area contributed by atoms with Gasteiger partial charge in [-0.1, -0.05) is 12.1 Å². The van der Waals surface area contributed by atoms with E-state index in [2.05, 4.69) is 4.98 Å². The highest BCUT2D eigenvalue weighted by Crippen LogP contribution is 2.37. The van der Waals surface area contributed by atoms with Crippen LogP contribution in [0.2, 0.25) is 0 Å². The van der Waals surface area contributed by atoms with Crippen LogP contribution in [0.5, 0.6) is 5.75 Å². The number of piperidine rings is 1. The van der Waals surface area contributed by atoms with Crippen molar-refractivity contribution < 1.29 is 32.9 Å². The molecule has 1 saturated heterocycles. The smallest absolute Gasteiger partial charge is 0.417 e. The Labute approximate surface area is 223 Å². The second-order valence-electron chi connectivity index (χ2n) is 9.51. The minimum Gasteiger partial charge on any atom is -0.497 e. The summed E-state index contributed by atoms with van der Waals surface area (Å²) in [4.78, 5) is 18.6. The van der Waals surface area contributed by atoms with E-state index in [0.717, 1.165) is 34.3 Å². The molecule has 0 aliphatic carbocycles. The minimum absolute atomic E-state index is 0.0976. The van der Waals surface area contributed by atoms with Gasteiger partial charge in [-0.05, 0) is 73.7 Å². The number of ether oxygens (including phenoxy) is 1. The number of halogens is 3. The standard InChI is InChI=1S/C28H31F3N2O4S/c1-37-19-7-8-24-21(16-19)20(10-12-32-24)25(34)9-6-18-11-13-33(17-22(18)27(35)36)14-15-38-26-5-3-2-4-23(26)28(29,30)31/h2-5,7-8,10,12,16,18,22,25,34H,6,9,11,13-15,17H2,1H3,(H,35,36)/t18-,22+,25?/m1/s1. The molecule has 10 heteroatoms. The van der Waals surface area contributed by atoms with Gasteiger partial charge in [0.25, 0.3) is 0 Å². The van der Waals surface area contributed by atoms with Crippen molar-refractivity contribution in [3.05, 3.63) is 65.9 Å². The molecular weight excluding hydrogens is 517 g/mol. The zero-order valence-electron chi connectivity index (χ0n) is 21.0. The fourth-order valence-corrected chi connectivity index (χ4v) is 6.18. The Bertz CT molecular complexity index is 1260. The largest absolute Gasteiger partial charge is 0.497 e. The number of benzene rings is 2. The number of aliphatic hydroxyl groups is 1. The van der Waals surface area contributed by atoms with Crippen LogP contribution < -0.4 is 4.74 Å². The molecular formula is C28H31F3N2O4S. The summed E-state index contributed by atoms with van der Waals surface area (Å²) >= 11 is 1.14. The van der Waals surface area contributed by atoms with E-state index in [1.165, 1.54) is 12.1 Å². The number of likely N-dealkylation sites (tertiary alicyclic amines) is 1. The molecule has 6 nitrogen and oxygen atoms in total. The van der Waals surface area contributed by atoms with Crippen molar-refractivity contribution in [2.24, 2.45) is 11.8 Å². The Balaban J connectivity index is 1.34. The average Bonchev–Trinajstić information content (AvgIpc) is 2.91. The highest BCUT2D eigenvalue weighted by atomic mass is 32.2. The molecule has 0 bridgehead atoms. The van der Waals surface area contributed by atoms with Gasteiger partial charge in [-0.15, -0.1) is 11.8 Å². The first-order valence-corrected chi connectivity index (χ1v) is 13.5. The van der Waals surface area contributed by atoms with Gasteiger partial charge in [0.2, 0.25) is 0 Å². The number of nitrogens with zero attached hydrogens (tertiary/aromatic N) is 2. The highest BCUT2D eigenvalue weighted by molar-refractivity contribution is 7.99. The van der Waals surface area contributed by atoms with Crippen molar-refractivity contribution in [2.45, 2.75) is 36.4 Å². The van der Waals surface area contributed by atoms with E-state index >= 15 is 0 Å². The fourth-order valence-electron chi connectivity index (χ4n) is 5.10. The van der Waals surface area contributed by atoms with Gasteiger partial charge in [0.05, 0.1) is 30.2 Å². The van der Waals surface area contributed by atoms with Crippen LogP contribution in [0.15, 0.2) is 59.6 Å². The number of fused-ring (bicyclic) bond motifs is 1. The van der Waals surface area contributed by atoms with E-state index in [1.807, 2.05) is 23.1 Å². The predicted octanol–water partition coefficient (Wildman–Crippen LogP) is 5.89. The van der Waals surface area contributed by atoms with Crippen LogP contribution in [0.3, 0.4) is 0 Å². The number of aromatic nitrogens is 1. The molecule has 1 aliphatic rings. The first-order chi connectivity index (χ1) is 18.2. The lowest BCUT2D eigenvalue weighted by atomic mass is 9.81. The number of methoxy groups -OCH3 is 1. The summed E-state index contributed by atoms with van der Waals surface area (Å²) in [7, 11) is 1.58. The topological polar surface area (TPSA) is 82.9 Å². The van der Waals surface area contributed by atoms with Crippen LogP contribution in [0.25, 0.3) is 10.9 Å². The Morgan fingerprint density at radius 2 is 2.03 bits per heavy atom. The first kappa shape index (κ1) is 28.2. The average molecular weight is 549 g/mol. The van der Waals surface area contributed by atoms with Crippen molar-refractivity contribution in [1.29, 1.82) is 0 Å². The van der Waals surface area contributed by atoms with Crippen LogP contribution in [-0.2, 0) is 11.0 Å². The SMILES string of the molecule is COc1ccc2nccc(C(O)CC[C@@H]3CCN(CCSc4ccccc4C(F)(F)F)C[C@@H]3C(=O)O)c2c1. The van der Waals surface area contributed by atoms with E-state index in [4.69, 9.17) is 4.74 Å². The van der Waals surface area contributed by atoms with Gasteiger partial charge in [0, 0.05) is 35.3 Å². The van der Waals surface area contributed by atoms with Crippen molar-refractivity contribution >= 4 is 28.6 Å². The lowest BCUT2D eigenvalue weighted by Gasteiger charge is -2.37. The Morgan fingerprint density at radius 3 is 2.76 bits per heavy atom. The molecule has 1 fully saturated rings. The second kappa shape index (κ2) is 12.4. The molecule has 2 heterocycles. The Kier molecular flexibility index (Phi) is 9.17. The number of carboxylic acid groups (broad SMARTS) is 1. The maximum Gasteiger partial charge on any atom is 0.417 e. The third-order valence-electron chi connectivity index (χ3n) is 7.17. The third-order valence-corrected chi connectivity index (χ3v) is 8.22. The molecule has 0 saturated carbocycles. The molecule has 0 amide bonds. The zero-order valence-corrected chi connectivity index (χ0v) is 21.8. The van der Waals surface area contributed by atoms with E-state index in [0.29, 0.717) is 50.4 Å². The molecule has 3 atom stereocenters. The monoisotopic (exact) mass is 548 g/mol. The van der Waals surface area contributed by atoms with Crippen LogP contribution >= 0.6 is 11.8 Å². The lowest BCUT2D eigenvalue weighted by molar-refractivity contribution is -0.146. The molecule has 1 aromatic heterocycles. The van der Waals surface area contributed by atoms with Gasteiger partial charge in [0.15, 0.2) is 0 Å². The van der Waals surface area contributed by atoms with Gasteiger partial charge >= 0.3 is 12.1 Å². The molecule has 4 rings (SSSR count). The number of thioether (sulfide) groups is 1. The van der Waals surface area contributed by atoms with Crippen LogP contribution in [0.4, 0.5) is 13.2 Å². The number of pyridine rings is 1. The molecule has 2 N–H and O–H groups in total. The van der Waals surface area contributed by atoms with Gasteiger partial charge < -0.3 is 19.8 Å². The van der Waals surface area contributed by atoms with Gasteiger partial charge in [-0.2, -0.15) is 13.2 Å². The Morgan fingerprint density at radius 1 is 1.24 bits per heavy atom. The molecule has 204 valence electrons. The maximum absolute atomic E-state index is 13.2. The van der Waals surface area contributed by atoms with Gasteiger partial charge in [-0.3, -0.25) is 9.78 Å². The molecule has 38 heavy (non-hydrogen) atoms. The van der Waals surface area contributed by atoms with Crippen molar-refractivity contribution in [3.63, 3.8) is 0 Å². The van der Waals surface area contributed by atoms with Gasteiger partial charge in [0.1, 0.15) is 5.75 Å². The summed E-state index contributed by atoms with van der Waals surface area (Å²) in [5, 5.41) is 21.7. The van der Waals surface area contributed by atoms with Crippen LogP contribution in [-0.4, -0.2) is 58.6 Å². The number of alkyl halides is 3. The van der Waals surface area contributed by atoms with E-state index in [9.17, 15) is 28.2 Å². The summed E-state index contributed by atoms with van der Waals surface area (Å²) in [5.74, 6) is -0.487. The summed E-state index contributed by atoms with van der Waals surface area (Å²) in [5.41, 5.74) is 0.829. The summed E-state index contributed by atoms with van der Waals surface area (Å²) < 4.78 is 45.0. The zero-order chi connectivity index (χ0) is 27.3. The third kappa shape index (κ3) is 6.78. The van der Waals surface area contributed by atoms with Gasteiger partial charge in [-0.25, -0.2) is 0 Å². The number of aliphatic carboxylic acids is 1. The fraction of sp³-hybridized carbons (Fsp3) is 0.429. The first-order valence-electron chi connectivity index (χ1n) is 12.5. The number of carbonyl (C=O) groups is 1. The van der Waals surface area contributed by atoms with E-state index in [1.54, 1.807) is 25.4 Å².